The lowest BCUT2D eigenvalue weighted by atomic mass is 9.89. The van der Waals surface area contributed by atoms with Gasteiger partial charge >= 0.3 is 0 Å². The number of rotatable bonds is 33. The van der Waals surface area contributed by atoms with E-state index in [1.807, 2.05) is 6.07 Å². The van der Waals surface area contributed by atoms with Crippen LogP contribution in [0.5, 0.6) is 5.75 Å². The number of phenols is 1. The average molecular weight is 599 g/mol. The topological polar surface area (TPSA) is 20.2 Å². The van der Waals surface area contributed by atoms with E-state index in [0.29, 0.717) is 5.75 Å². The standard InChI is InChI=1S/C42H78O/c1-4-7-10-13-16-19-22-25-28-31-34-39-37-38-42(43)41(36-33-30-27-24-21-18-15-12-9-6-3)40(39)35-32-29-26-23-20-17-14-11-8-5-2/h37-38,43H,4-36H2,1-3H3. The molecule has 0 aliphatic heterocycles. The number of hydrogen-bond donors (Lipinski definition) is 1. The fourth-order valence-electron chi connectivity index (χ4n) is 6.94. The lowest BCUT2D eigenvalue weighted by Gasteiger charge is -2.17. The van der Waals surface area contributed by atoms with Gasteiger partial charge in [0.15, 0.2) is 0 Å². The molecule has 1 nitrogen and oxygen atoms in total. The van der Waals surface area contributed by atoms with Gasteiger partial charge in [-0.25, -0.2) is 0 Å². The van der Waals surface area contributed by atoms with Gasteiger partial charge in [-0.1, -0.05) is 200 Å². The zero-order valence-electron chi connectivity index (χ0n) is 29.9. The van der Waals surface area contributed by atoms with E-state index in [2.05, 4.69) is 26.8 Å². The molecule has 0 atom stereocenters. The van der Waals surface area contributed by atoms with Crippen LogP contribution in [0, 0.1) is 0 Å². The van der Waals surface area contributed by atoms with Crippen molar-refractivity contribution in [2.24, 2.45) is 0 Å². The van der Waals surface area contributed by atoms with Crippen molar-refractivity contribution in [3.8, 4) is 5.75 Å². The van der Waals surface area contributed by atoms with Crippen LogP contribution >= 0.6 is 0 Å². The molecule has 1 aromatic rings. The summed E-state index contributed by atoms with van der Waals surface area (Å²) < 4.78 is 0. The summed E-state index contributed by atoms with van der Waals surface area (Å²) in [4.78, 5) is 0. The van der Waals surface area contributed by atoms with Crippen LogP contribution in [0.4, 0.5) is 0 Å². The Hall–Kier alpha value is -0.980. The fraction of sp³-hybridized carbons (Fsp3) is 0.857. The van der Waals surface area contributed by atoms with Gasteiger partial charge in [-0.05, 0) is 61.3 Å². The van der Waals surface area contributed by atoms with E-state index in [9.17, 15) is 5.11 Å². The van der Waals surface area contributed by atoms with Gasteiger partial charge < -0.3 is 5.11 Å². The number of unbranched alkanes of at least 4 members (excludes halogenated alkanes) is 27. The van der Waals surface area contributed by atoms with Crippen LogP contribution in [-0.2, 0) is 19.3 Å². The van der Waals surface area contributed by atoms with Gasteiger partial charge in [0.25, 0.3) is 0 Å². The maximum absolute atomic E-state index is 11.0. The maximum atomic E-state index is 11.0. The quantitative estimate of drug-likeness (QED) is 0.0798. The molecule has 0 radical (unpaired) electrons. The van der Waals surface area contributed by atoms with Crippen molar-refractivity contribution < 1.29 is 5.11 Å². The van der Waals surface area contributed by atoms with Crippen LogP contribution in [0.2, 0.25) is 0 Å². The van der Waals surface area contributed by atoms with Crippen molar-refractivity contribution in [2.45, 2.75) is 233 Å². The van der Waals surface area contributed by atoms with E-state index in [4.69, 9.17) is 0 Å². The lowest BCUT2D eigenvalue weighted by molar-refractivity contribution is 0.463. The van der Waals surface area contributed by atoms with Crippen molar-refractivity contribution in [3.63, 3.8) is 0 Å². The van der Waals surface area contributed by atoms with Gasteiger partial charge in [0.2, 0.25) is 0 Å². The number of benzene rings is 1. The van der Waals surface area contributed by atoms with Crippen molar-refractivity contribution in [1.29, 1.82) is 0 Å². The second kappa shape index (κ2) is 31.0. The van der Waals surface area contributed by atoms with Crippen LogP contribution < -0.4 is 0 Å². The normalized spacial score (nSPS) is 11.5. The Bertz CT molecular complexity index is 707. The van der Waals surface area contributed by atoms with Gasteiger partial charge in [0, 0.05) is 0 Å². The van der Waals surface area contributed by atoms with Gasteiger partial charge in [-0.2, -0.15) is 0 Å². The first kappa shape index (κ1) is 40.0. The Balaban J connectivity index is 2.50. The highest BCUT2D eigenvalue weighted by Crippen LogP contribution is 2.30. The van der Waals surface area contributed by atoms with E-state index in [1.54, 1.807) is 5.56 Å². The molecule has 1 heteroatoms. The molecule has 0 fully saturated rings. The van der Waals surface area contributed by atoms with Crippen molar-refractivity contribution in [3.05, 3.63) is 28.8 Å². The zero-order valence-corrected chi connectivity index (χ0v) is 29.9. The third-order valence-corrected chi connectivity index (χ3v) is 9.86. The predicted molar refractivity (Wildman–Crippen MR) is 195 cm³/mol. The molecule has 43 heavy (non-hydrogen) atoms. The number of hydrogen-bond acceptors (Lipinski definition) is 1. The molecule has 0 amide bonds. The van der Waals surface area contributed by atoms with Gasteiger partial charge in [0.05, 0.1) is 0 Å². The third kappa shape index (κ3) is 23.1. The van der Waals surface area contributed by atoms with Crippen LogP contribution in [0.25, 0.3) is 0 Å². The SMILES string of the molecule is CCCCCCCCCCCCc1ccc(O)c(CCCCCCCCCCCC)c1CCCCCCCCCCCC. The summed E-state index contributed by atoms with van der Waals surface area (Å²) in [7, 11) is 0. The van der Waals surface area contributed by atoms with Crippen molar-refractivity contribution in [2.75, 3.05) is 0 Å². The summed E-state index contributed by atoms with van der Waals surface area (Å²) in [6.07, 6.45) is 45.0. The largest absolute Gasteiger partial charge is 0.508 e. The zero-order chi connectivity index (χ0) is 31.1. The van der Waals surface area contributed by atoms with Crippen molar-refractivity contribution in [1.82, 2.24) is 0 Å². The molecule has 0 spiro atoms. The van der Waals surface area contributed by atoms with Crippen LogP contribution in [0.1, 0.15) is 230 Å². The molecular weight excluding hydrogens is 520 g/mol. The summed E-state index contributed by atoms with van der Waals surface area (Å²) in [5.74, 6) is 0.574. The average Bonchev–Trinajstić information content (AvgIpc) is 3.01. The maximum Gasteiger partial charge on any atom is 0.119 e. The minimum Gasteiger partial charge on any atom is -0.508 e. The molecule has 0 heterocycles. The summed E-state index contributed by atoms with van der Waals surface area (Å²) in [6.45, 7) is 6.91. The molecule has 1 aromatic carbocycles. The van der Waals surface area contributed by atoms with Crippen molar-refractivity contribution >= 4 is 0 Å². The molecule has 252 valence electrons. The first-order chi connectivity index (χ1) is 21.2. The van der Waals surface area contributed by atoms with Crippen LogP contribution in [0.15, 0.2) is 12.1 Å². The third-order valence-electron chi connectivity index (χ3n) is 9.86. The lowest BCUT2D eigenvalue weighted by Crippen LogP contribution is -2.03. The smallest absolute Gasteiger partial charge is 0.119 e. The minimum absolute atomic E-state index is 0.574. The summed E-state index contributed by atoms with van der Waals surface area (Å²) in [6, 6.07) is 4.30. The van der Waals surface area contributed by atoms with Crippen LogP contribution in [-0.4, -0.2) is 5.11 Å². The number of aryl methyl sites for hydroxylation is 1. The first-order valence-corrected chi connectivity index (χ1v) is 20.1. The molecule has 1 rings (SSSR count). The molecule has 0 saturated heterocycles. The van der Waals surface area contributed by atoms with Crippen LogP contribution in [0.3, 0.4) is 0 Å². The highest BCUT2D eigenvalue weighted by molar-refractivity contribution is 5.45. The molecule has 1 N–H and O–H groups in total. The Morgan fingerprint density at radius 2 is 0.605 bits per heavy atom. The Morgan fingerprint density at radius 1 is 0.326 bits per heavy atom. The Morgan fingerprint density at radius 3 is 0.953 bits per heavy atom. The fourth-order valence-corrected chi connectivity index (χ4v) is 6.94. The van der Waals surface area contributed by atoms with E-state index in [0.717, 1.165) is 6.42 Å². The first-order valence-electron chi connectivity index (χ1n) is 20.1. The monoisotopic (exact) mass is 599 g/mol. The van der Waals surface area contributed by atoms with E-state index in [-0.39, 0.29) is 0 Å². The summed E-state index contributed by atoms with van der Waals surface area (Å²) >= 11 is 0. The Kier molecular flexibility index (Phi) is 28.9. The van der Waals surface area contributed by atoms with Gasteiger partial charge in [-0.15, -0.1) is 0 Å². The highest BCUT2D eigenvalue weighted by atomic mass is 16.3. The minimum atomic E-state index is 0.574. The molecule has 0 aromatic heterocycles. The van der Waals surface area contributed by atoms with E-state index >= 15 is 0 Å². The summed E-state index contributed by atoms with van der Waals surface area (Å²) in [5, 5.41) is 11.0. The van der Waals surface area contributed by atoms with E-state index < -0.39 is 0 Å². The molecule has 0 aliphatic rings. The van der Waals surface area contributed by atoms with Gasteiger partial charge in [-0.3, -0.25) is 0 Å². The Labute approximate surface area is 271 Å². The summed E-state index contributed by atoms with van der Waals surface area (Å²) in [5.41, 5.74) is 4.39. The predicted octanol–water partition coefficient (Wildman–Crippen LogP) is 14.8. The molecular formula is C42H78O. The molecule has 0 bridgehead atoms. The van der Waals surface area contributed by atoms with Gasteiger partial charge in [0.1, 0.15) is 5.75 Å². The number of aromatic hydroxyl groups is 1. The second-order valence-corrected chi connectivity index (χ2v) is 14.0. The highest BCUT2D eigenvalue weighted by Gasteiger charge is 2.13. The molecule has 0 aliphatic carbocycles. The van der Waals surface area contributed by atoms with E-state index in [1.165, 1.54) is 217 Å². The molecule has 0 unspecified atom stereocenters. The number of phenolic OH excluding ortho intramolecular Hbond substituents is 1. The molecule has 0 saturated carbocycles. The second-order valence-electron chi connectivity index (χ2n) is 14.0.